The molecule has 4 nitrogen and oxygen atoms in total. The van der Waals surface area contributed by atoms with Crippen LogP contribution >= 0.6 is 0 Å². The van der Waals surface area contributed by atoms with Crippen molar-refractivity contribution in [3.63, 3.8) is 0 Å². The van der Waals surface area contributed by atoms with Gasteiger partial charge in [0.05, 0.1) is 6.10 Å². The second kappa shape index (κ2) is 11.4. The second-order valence-corrected chi connectivity index (χ2v) is 6.10. The zero-order valence-corrected chi connectivity index (χ0v) is 13.8. The first-order valence-corrected chi connectivity index (χ1v) is 8.72. The van der Waals surface area contributed by atoms with Crippen molar-refractivity contribution in [3.8, 4) is 0 Å². The summed E-state index contributed by atoms with van der Waals surface area (Å²) in [6.45, 7) is 2.17. The zero-order valence-electron chi connectivity index (χ0n) is 13.8. The van der Waals surface area contributed by atoms with E-state index in [1.165, 1.54) is 12.8 Å². The molecule has 4 heteroatoms. The first-order chi connectivity index (χ1) is 10.6. The van der Waals surface area contributed by atoms with E-state index in [-0.39, 0.29) is 24.4 Å². The fraction of sp³-hybridized carbons (Fsp3) is 0.778. The molecule has 0 aromatic rings. The van der Waals surface area contributed by atoms with Crippen LogP contribution in [0.4, 0.5) is 0 Å². The Kier molecular flexibility index (Phi) is 9.80. The van der Waals surface area contributed by atoms with E-state index in [2.05, 4.69) is 6.92 Å². The van der Waals surface area contributed by atoms with Crippen LogP contribution in [-0.4, -0.2) is 29.1 Å². The van der Waals surface area contributed by atoms with Gasteiger partial charge in [-0.25, -0.2) is 0 Å². The Hall–Kier alpha value is -1.16. The molecule has 1 saturated heterocycles. The van der Waals surface area contributed by atoms with Crippen LogP contribution in [0.1, 0.15) is 77.6 Å². The number of ketones is 1. The molecule has 0 aromatic carbocycles. The van der Waals surface area contributed by atoms with Gasteiger partial charge in [-0.3, -0.25) is 9.59 Å². The lowest BCUT2D eigenvalue weighted by molar-refractivity contribution is -0.137. The molecular weight excluding hydrogens is 280 g/mol. The number of epoxide rings is 1. The van der Waals surface area contributed by atoms with E-state index >= 15 is 0 Å². The first kappa shape index (κ1) is 18.9. The molecule has 2 unspecified atom stereocenters. The van der Waals surface area contributed by atoms with Crippen LogP contribution in [0.2, 0.25) is 0 Å². The molecule has 1 aliphatic rings. The Balaban J connectivity index is 1.93. The molecule has 0 aromatic heterocycles. The number of unbranched alkanes of at least 4 members (excludes halogenated alkanes) is 7. The smallest absolute Gasteiger partial charge is 0.303 e. The quantitative estimate of drug-likeness (QED) is 0.295. The van der Waals surface area contributed by atoms with Crippen molar-refractivity contribution in [1.29, 1.82) is 0 Å². The highest BCUT2D eigenvalue weighted by atomic mass is 16.6. The minimum Gasteiger partial charge on any atom is -0.481 e. The number of aliphatic carboxylic acids is 1. The molecule has 126 valence electrons. The van der Waals surface area contributed by atoms with Gasteiger partial charge in [0.25, 0.3) is 0 Å². The number of rotatable bonds is 14. The zero-order chi connectivity index (χ0) is 16.2. The molecule has 0 spiro atoms. The van der Waals surface area contributed by atoms with Crippen molar-refractivity contribution in [1.82, 2.24) is 0 Å². The van der Waals surface area contributed by atoms with Crippen LogP contribution in [0.15, 0.2) is 12.2 Å². The van der Waals surface area contributed by atoms with Gasteiger partial charge in [0.2, 0.25) is 0 Å². The van der Waals surface area contributed by atoms with Gasteiger partial charge in [0.15, 0.2) is 5.78 Å². The van der Waals surface area contributed by atoms with E-state index < -0.39 is 5.97 Å². The third-order valence-electron chi connectivity index (χ3n) is 4.00. The normalized spacial score (nSPS) is 20.4. The Labute approximate surface area is 133 Å². The topological polar surface area (TPSA) is 66.9 Å². The van der Waals surface area contributed by atoms with Gasteiger partial charge in [0.1, 0.15) is 6.10 Å². The van der Waals surface area contributed by atoms with E-state index in [1.807, 2.05) is 6.08 Å². The SMILES string of the molecule is CCCCCC1OC1C(=O)C=CCCCCCCCC(=O)O. The molecule has 0 amide bonds. The number of carboxylic acid groups (broad SMARTS) is 1. The van der Waals surface area contributed by atoms with E-state index in [0.717, 1.165) is 51.4 Å². The van der Waals surface area contributed by atoms with Gasteiger partial charge in [-0.1, -0.05) is 51.5 Å². The molecule has 0 radical (unpaired) electrons. The summed E-state index contributed by atoms with van der Waals surface area (Å²) in [7, 11) is 0. The van der Waals surface area contributed by atoms with Crippen molar-refractivity contribution < 1.29 is 19.4 Å². The standard InChI is InChI=1S/C18H30O4/c1-2-3-9-13-16-18(22-16)15(19)12-10-7-5-4-6-8-11-14-17(20)21/h10,12,16,18H,2-9,11,13-14H2,1H3,(H,20,21). The number of carboxylic acids is 1. The van der Waals surface area contributed by atoms with Crippen LogP contribution in [0.3, 0.4) is 0 Å². The number of hydrogen-bond acceptors (Lipinski definition) is 3. The highest BCUT2D eigenvalue weighted by Crippen LogP contribution is 2.28. The Morgan fingerprint density at radius 1 is 1.05 bits per heavy atom. The van der Waals surface area contributed by atoms with Crippen LogP contribution in [0, 0.1) is 0 Å². The van der Waals surface area contributed by atoms with Crippen molar-refractivity contribution in [2.24, 2.45) is 0 Å². The van der Waals surface area contributed by atoms with E-state index in [4.69, 9.17) is 9.84 Å². The van der Waals surface area contributed by atoms with E-state index in [9.17, 15) is 9.59 Å². The maximum absolute atomic E-state index is 11.8. The summed E-state index contributed by atoms with van der Waals surface area (Å²) in [6.07, 6.45) is 14.3. The maximum atomic E-state index is 11.8. The Morgan fingerprint density at radius 3 is 2.50 bits per heavy atom. The number of allylic oxidation sites excluding steroid dienone is 1. The van der Waals surface area contributed by atoms with Gasteiger partial charge < -0.3 is 9.84 Å². The number of carbonyl (C=O) groups excluding carboxylic acids is 1. The van der Waals surface area contributed by atoms with Gasteiger partial charge in [0, 0.05) is 6.42 Å². The second-order valence-electron chi connectivity index (χ2n) is 6.10. The highest BCUT2D eigenvalue weighted by Gasteiger charge is 2.42. The average Bonchev–Trinajstić information content (AvgIpc) is 3.25. The van der Waals surface area contributed by atoms with E-state index in [1.54, 1.807) is 6.08 Å². The number of ether oxygens (including phenoxy) is 1. The summed E-state index contributed by atoms with van der Waals surface area (Å²) in [6, 6.07) is 0. The monoisotopic (exact) mass is 310 g/mol. The fourth-order valence-corrected chi connectivity index (χ4v) is 2.57. The summed E-state index contributed by atoms with van der Waals surface area (Å²) in [5.74, 6) is -0.598. The van der Waals surface area contributed by atoms with Gasteiger partial charge in [-0.15, -0.1) is 0 Å². The molecule has 1 fully saturated rings. The van der Waals surface area contributed by atoms with Crippen molar-refractivity contribution >= 4 is 11.8 Å². The molecule has 0 bridgehead atoms. The predicted octanol–water partition coefficient (Wildman–Crippen LogP) is 4.27. The van der Waals surface area contributed by atoms with Gasteiger partial charge in [-0.2, -0.15) is 0 Å². The largest absolute Gasteiger partial charge is 0.481 e. The molecule has 1 aliphatic heterocycles. The Bertz CT molecular complexity index is 362. The maximum Gasteiger partial charge on any atom is 0.303 e. The molecule has 1 N–H and O–H groups in total. The molecule has 2 atom stereocenters. The summed E-state index contributed by atoms with van der Waals surface area (Å²) < 4.78 is 5.42. The number of carbonyl (C=O) groups is 2. The van der Waals surface area contributed by atoms with Crippen LogP contribution < -0.4 is 0 Å². The van der Waals surface area contributed by atoms with Gasteiger partial charge in [-0.05, 0) is 31.8 Å². The molecule has 0 saturated carbocycles. The Morgan fingerprint density at radius 2 is 1.77 bits per heavy atom. The third-order valence-corrected chi connectivity index (χ3v) is 4.00. The third kappa shape index (κ3) is 8.98. The van der Waals surface area contributed by atoms with Crippen LogP contribution in [-0.2, 0) is 14.3 Å². The lowest BCUT2D eigenvalue weighted by atomic mass is 10.1. The minimum atomic E-state index is -0.711. The van der Waals surface area contributed by atoms with Crippen LogP contribution in [0.5, 0.6) is 0 Å². The van der Waals surface area contributed by atoms with Gasteiger partial charge >= 0.3 is 5.97 Å². The number of hydrogen-bond donors (Lipinski definition) is 1. The molecule has 22 heavy (non-hydrogen) atoms. The summed E-state index contributed by atoms with van der Waals surface area (Å²) >= 11 is 0. The summed E-state index contributed by atoms with van der Waals surface area (Å²) in [5, 5.41) is 8.52. The lowest BCUT2D eigenvalue weighted by Crippen LogP contribution is -2.06. The van der Waals surface area contributed by atoms with E-state index in [0.29, 0.717) is 0 Å². The lowest BCUT2D eigenvalue weighted by Gasteiger charge is -1.98. The molecule has 0 aliphatic carbocycles. The average molecular weight is 310 g/mol. The minimum absolute atomic E-state index is 0.114. The fourth-order valence-electron chi connectivity index (χ4n) is 2.57. The first-order valence-electron chi connectivity index (χ1n) is 8.72. The van der Waals surface area contributed by atoms with Crippen molar-refractivity contribution in [3.05, 3.63) is 12.2 Å². The van der Waals surface area contributed by atoms with Crippen LogP contribution in [0.25, 0.3) is 0 Å². The summed E-state index contributed by atoms with van der Waals surface area (Å²) in [5.41, 5.74) is 0. The predicted molar refractivity (Wildman–Crippen MR) is 86.9 cm³/mol. The van der Waals surface area contributed by atoms with Crippen molar-refractivity contribution in [2.45, 2.75) is 89.8 Å². The molecular formula is C18H30O4. The molecule has 1 rings (SSSR count). The molecule has 1 heterocycles. The summed E-state index contributed by atoms with van der Waals surface area (Å²) in [4.78, 5) is 22.2. The highest BCUT2D eigenvalue weighted by molar-refractivity contribution is 5.95. The van der Waals surface area contributed by atoms with Crippen molar-refractivity contribution in [2.75, 3.05) is 0 Å².